The van der Waals surface area contributed by atoms with Gasteiger partial charge >= 0.3 is 0 Å². The smallest absolute Gasteiger partial charge is 0.225 e. The molecule has 1 aromatic carbocycles. The molecule has 0 saturated carbocycles. The van der Waals surface area contributed by atoms with Crippen molar-refractivity contribution in [1.29, 1.82) is 0 Å². The van der Waals surface area contributed by atoms with E-state index in [2.05, 4.69) is 32.0 Å². The minimum Gasteiger partial charge on any atom is -0.507 e. The molecule has 7 heteroatoms. The van der Waals surface area contributed by atoms with Crippen LogP contribution in [0, 0.1) is 13.8 Å². The summed E-state index contributed by atoms with van der Waals surface area (Å²) in [6.07, 6.45) is 3.56. The van der Waals surface area contributed by atoms with Crippen molar-refractivity contribution in [3.05, 3.63) is 47.3 Å². The van der Waals surface area contributed by atoms with Gasteiger partial charge in [0.1, 0.15) is 5.75 Å². The lowest BCUT2D eigenvalue weighted by molar-refractivity contribution is 0.370. The van der Waals surface area contributed by atoms with Crippen LogP contribution in [0.3, 0.4) is 0 Å². The number of anilines is 1. The third-order valence-corrected chi connectivity index (χ3v) is 4.71. The predicted octanol–water partition coefficient (Wildman–Crippen LogP) is 2.09. The second kappa shape index (κ2) is 8.70. The van der Waals surface area contributed by atoms with Crippen LogP contribution < -0.4 is 10.2 Å². The maximum absolute atomic E-state index is 9.94. The minimum atomic E-state index is 0.369. The minimum absolute atomic E-state index is 0.369. The zero-order valence-corrected chi connectivity index (χ0v) is 16.3. The number of phenolic OH excluding ortho intramolecular Hbond substituents is 1. The highest BCUT2D eigenvalue weighted by molar-refractivity contribution is 5.80. The number of aromatic hydroxyl groups is 1. The number of hydrogen-bond acceptors (Lipinski definition) is 5. The van der Waals surface area contributed by atoms with Crippen molar-refractivity contribution >= 4 is 11.9 Å². The molecule has 0 amide bonds. The van der Waals surface area contributed by atoms with Gasteiger partial charge in [0.2, 0.25) is 5.95 Å². The number of aromatic nitrogens is 2. The van der Waals surface area contributed by atoms with Crippen LogP contribution >= 0.6 is 0 Å². The second-order valence-corrected chi connectivity index (χ2v) is 6.77. The Balaban J connectivity index is 1.66. The summed E-state index contributed by atoms with van der Waals surface area (Å²) in [5.41, 5.74) is 2.89. The van der Waals surface area contributed by atoms with Gasteiger partial charge in [0.15, 0.2) is 5.96 Å². The monoisotopic (exact) mass is 368 g/mol. The summed E-state index contributed by atoms with van der Waals surface area (Å²) in [6, 6.07) is 5.84. The first-order valence-electron chi connectivity index (χ1n) is 9.42. The number of hydrogen-bond donors (Lipinski definition) is 2. The zero-order chi connectivity index (χ0) is 19.2. The Hall–Kier alpha value is -2.83. The molecule has 0 spiro atoms. The lowest BCUT2D eigenvalue weighted by Gasteiger charge is -2.36. The largest absolute Gasteiger partial charge is 0.507 e. The molecule has 0 radical (unpaired) electrons. The maximum atomic E-state index is 9.94. The van der Waals surface area contributed by atoms with E-state index in [1.165, 1.54) is 0 Å². The topological polar surface area (TPSA) is 76.9 Å². The predicted molar refractivity (Wildman–Crippen MR) is 108 cm³/mol. The molecule has 2 heterocycles. The SMILES string of the molecule is CCNC(=NCc1cc(C)c(O)c(C)c1)N1CCN(c2ncccn2)CC1. The number of nitrogens with zero attached hydrogens (tertiary/aromatic N) is 5. The number of rotatable bonds is 4. The molecule has 144 valence electrons. The van der Waals surface area contributed by atoms with Crippen LogP contribution in [0.4, 0.5) is 5.95 Å². The van der Waals surface area contributed by atoms with E-state index in [0.717, 1.165) is 61.3 Å². The van der Waals surface area contributed by atoms with Gasteiger partial charge in [-0.25, -0.2) is 15.0 Å². The number of piperazine rings is 1. The highest BCUT2D eigenvalue weighted by Gasteiger charge is 2.21. The number of aryl methyl sites for hydroxylation is 2. The van der Waals surface area contributed by atoms with E-state index in [0.29, 0.717) is 12.3 Å². The first-order valence-corrected chi connectivity index (χ1v) is 9.42. The quantitative estimate of drug-likeness (QED) is 0.636. The molecule has 1 aliphatic heterocycles. The van der Waals surface area contributed by atoms with Crippen LogP contribution in [0.5, 0.6) is 5.75 Å². The molecular weight excluding hydrogens is 340 g/mol. The Morgan fingerprint density at radius 1 is 1.11 bits per heavy atom. The van der Waals surface area contributed by atoms with Gasteiger partial charge in [0, 0.05) is 45.1 Å². The van der Waals surface area contributed by atoms with E-state index in [1.54, 1.807) is 12.4 Å². The molecule has 2 aromatic rings. The van der Waals surface area contributed by atoms with Crippen molar-refractivity contribution in [2.45, 2.75) is 27.3 Å². The van der Waals surface area contributed by atoms with E-state index < -0.39 is 0 Å². The molecule has 27 heavy (non-hydrogen) atoms. The normalized spacial score (nSPS) is 15.1. The molecule has 1 aromatic heterocycles. The van der Waals surface area contributed by atoms with E-state index in [1.807, 2.05) is 32.0 Å². The molecular formula is C20H28N6O. The Bertz CT molecular complexity index is 761. The molecule has 1 saturated heterocycles. The molecule has 0 unspecified atom stereocenters. The van der Waals surface area contributed by atoms with Gasteiger partial charge in [0.25, 0.3) is 0 Å². The highest BCUT2D eigenvalue weighted by Crippen LogP contribution is 2.23. The molecule has 0 atom stereocenters. The van der Waals surface area contributed by atoms with E-state index in [9.17, 15) is 5.11 Å². The summed E-state index contributed by atoms with van der Waals surface area (Å²) in [7, 11) is 0. The van der Waals surface area contributed by atoms with Crippen molar-refractivity contribution in [3.8, 4) is 5.75 Å². The average molecular weight is 368 g/mol. The van der Waals surface area contributed by atoms with Crippen LogP contribution in [0.15, 0.2) is 35.6 Å². The van der Waals surface area contributed by atoms with Crippen LogP contribution in [0.2, 0.25) is 0 Å². The molecule has 3 rings (SSSR count). The number of guanidine groups is 1. The summed E-state index contributed by atoms with van der Waals surface area (Å²) in [4.78, 5) is 18.0. The Kier molecular flexibility index (Phi) is 6.11. The number of benzene rings is 1. The van der Waals surface area contributed by atoms with Crippen molar-refractivity contribution in [3.63, 3.8) is 0 Å². The van der Waals surface area contributed by atoms with E-state index in [4.69, 9.17) is 4.99 Å². The van der Waals surface area contributed by atoms with Gasteiger partial charge < -0.3 is 20.2 Å². The van der Waals surface area contributed by atoms with Crippen LogP contribution in [0.25, 0.3) is 0 Å². The third-order valence-electron chi connectivity index (χ3n) is 4.71. The number of phenols is 1. The van der Waals surface area contributed by atoms with Crippen LogP contribution in [-0.4, -0.2) is 58.7 Å². The Morgan fingerprint density at radius 3 is 2.33 bits per heavy atom. The van der Waals surface area contributed by atoms with Crippen molar-refractivity contribution in [1.82, 2.24) is 20.2 Å². The first kappa shape index (κ1) is 18.9. The van der Waals surface area contributed by atoms with Crippen LogP contribution in [0.1, 0.15) is 23.6 Å². The molecule has 1 fully saturated rings. The first-order chi connectivity index (χ1) is 13.1. The number of aliphatic imine (C=N–C) groups is 1. The van der Waals surface area contributed by atoms with Crippen LogP contribution in [-0.2, 0) is 6.54 Å². The third kappa shape index (κ3) is 4.67. The summed E-state index contributed by atoms with van der Waals surface area (Å²) < 4.78 is 0. The van der Waals surface area contributed by atoms with Gasteiger partial charge in [-0.2, -0.15) is 0 Å². The lowest BCUT2D eigenvalue weighted by Crippen LogP contribution is -2.52. The summed E-state index contributed by atoms with van der Waals surface area (Å²) >= 11 is 0. The summed E-state index contributed by atoms with van der Waals surface area (Å²) in [6.45, 7) is 10.8. The fraction of sp³-hybridized carbons (Fsp3) is 0.450. The van der Waals surface area contributed by atoms with Gasteiger partial charge in [-0.1, -0.05) is 12.1 Å². The lowest BCUT2D eigenvalue weighted by atomic mass is 10.1. The fourth-order valence-corrected chi connectivity index (χ4v) is 3.30. The van der Waals surface area contributed by atoms with Gasteiger partial charge in [-0.05, 0) is 43.5 Å². The maximum Gasteiger partial charge on any atom is 0.225 e. The Morgan fingerprint density at radius 2 is 1.74 bits per heavy atom. The average Bonchev–Trinajstić information content (AvgIpc) is 2.70. The van der Waals surface area contributed by atoms with E-state index in [-0.39, 0.29) is 0 Å². The fourth-order valence-electron chi connectivity index (χ4n) is 3.30. The molecule has 7 nitrogen and oxygen atoms in total. The summed E-state index contributed by atoms with van der Waals surface area (Å²) in [5, 5.41) is 13.3. The molecule has 1 aliphatic rings. The highest BCUT2D eigenvalue weighted by atomic mass is 16.3. The molecule has 0 aliphatic carbocycles. The van der Waals surface area contributed by atoms with E-state index >= 15 is 0 Å². The van der Waals surface area contributed by atoms with Crippen molar-refractivity contribution in [2.24, 2.45) is 4.99 Å². The van der Waals surface area contributed by atoms with Gasteiger partial charge in [0.05, 0.1) is 6.54 Å². The van der Waals surface area contributed by atoms with Gasteiger partial charge in [-0.15, -0.1) is 0 Å². The standard InChI is InChI=1S/C20H28N6O/c1-4-21-19(24-14-17-12-15(2)18(27)16(3)13-17)25-8-10-26(11-9-25)20-22-6-5-7-23-20/h5-7,12-13,27H,4,8-11,14H2,1-3H3,(H,21,24). The summed E-state index contributed by atoms with van der Waals surface area (Å²) in [5.74, 6) is 2.08. The molecule has 0 bridgehead atoms. The Labute approximate surface area is 160 Å². The van der Waals surface area contributed by atoms with Gasteiger partial charge in [-0.3, -0.25) is 0 Å². The van der Waals surface area contributed by atoms with Crippen molar-refractivity contribution < 1.29 is 5.11 Å². The molecule has 2 N–H and O–H groups in total. The zero-order valence-electron chi connectivity index (χ0n) is 16.3. The van der Waals surface area contributed by atoms with Crippen molar-refractivity contribution in [2.75, 3.05) is 37.6 Å². The second-order valence-electron chi connectivity index (χ2n) is 6.77. The number of nitrogens with one attached hydrogen (secondary N) is 1.